The van der Waals surface area contributed by atoms with Gasteiger partial charge in [0.25, 0.3) is 0 Å². The molecule has 0 spiro atoms. The van der Waals surface area contributed by atoms with Gasteiger partial charge >= 0.3 is 0 Å². The van der Waals surface area contributed by atoms with Crippen LogP contribution in [0, 0.1) is 11.3 Å². The molecule has 1 aromatic carbocycles. The minimum atomic E-state index is -0.447. The molecule has 1 aliphatic rings. The van der Waals surface area contributed by atoms with Gasteiger partial charge < -0.3 is 5.32 Å². The van der Waals surface area contributed by atoms with Crippen molar-refractivity contribution in [3.8, 4) is 6.07 Å². The summed E-state index contributed by atoms with van der Waals surface area (Å²) >= 11 is 6.07. The smallest absolute Gasteiger partial charge is 0.249 e. The first-order valence-electron chi connectivity index (χ1n) is 4.84. The third-order valence-electron chi connectivity index (χ3n) is 2.64. The number of nitrogens with zero attached hydrogens (tertiary/aromatic N) is 2. The second-order valence-corrected chi connectivity index (χ2v) is 3.88. The fourth-order valence-electron chi connectivity index (χ4n) is 1.95. The summed E-state index contributed by atoms with van der Waals surface area (Å²) in [5.41, 5.74) is 1.48. The summed E-state index contributed by atoms with van der Waals surface area (Å²) in [4.78, 5) is 13.4. The van der Waals surface area contributed by atoms with E-state index >= 15 is 0 Å². The second kappa shape index (κ2) is 4.12. The average Bonchev–Trinajstić information content (AvgIpc) is 2.54. The lowest BCUT2D eigenvalue weighted by atomic mass is 10.1. The van der Waals surface area contributed by atoms with E-state index in [1.54, 1.807) is 25.2 Å². The van der Waals surface area contributed by atoms with Crippen LogP contribution < -0.4 is 10.2 Å². The number of benzene rings is 1. The van der Waals surface area contributed by atoms with E-state index in [-0.39, 0.29) is 12.5 Å². The maximum Gasteiger partial charge on any atom is 0.249 e. The van der Waals surface area contributed by atoms with Crippen molar-refractivity contribution in [2.45, 2.75) is 6.04 Å². The molecule has 0 saturated carbocycles. The Labute approximate surface area is 98.4 Å². The minimum absolute atomic E-state index is 0.0460. The van der Waals surface area contributed by atoms with E-state index in [4.69, 9.17) is 16.9 Å². The molecule has 16 heavy (non-hydrogen) atoms. The number of hydrogen-bond donors (Lipinski definition) is 1. The maximum absolute atomic E-state index is 12.0. The molecule has 5 heteroatoms. The largest absolute Gasteiger partial charge is 0.305 e. The molecule has 0 aliphatic carbocycles. The van der Waals surface area contributed by atoms with E-state index in [1.165, 1.54) is 4.90 Å². The Morgan fingerprint density at radius 2 is 2.38 bits per heavy atom. The molecule has 1 aliphatic heterocycles. The van der Waals surface area contributed by atoms with Gasteiger partial charge in [-0.15, -0.1) is 0 Å². The number of anilines is 1. The predicted octanol–water partition coefficient (Wildman–Crippen LogP) is 1.47. The molecular formula is C11H10ClN3O. The van der Waals surface area contributed by atoms with E-state index in [2.05, 4.69) is 5.32 Å². The molecule has 1 atom stereocenters. The van der Waals surface area contributed by atoms with Crippen LogP contribution in [0.1, 0.15) is 11.6 Å². The average molecular weight is 236 g/mol. The Balaban J connectivity index is 2.56. The van der Waals surface area contributed by atoms with Gasteiger partial charge in [-0.05, 0) is 19.2 Å². The minimum Gasteiger partial charge on any atom is -0.305 e. The molecule has 1 aromatic rings. The molecule has 4 nitrogen and oxygen atoms in total. The zero-order valence-electron chi connectivity index (χ0n) is 8.70. The van der Waals surface area contributed by atoms with Gasteiger partial charge in [-0.2, -0.15) is 5.26 Å². The van der Waals surface area contributed by atoms with Crippen molar-refractivity contribution < 1.29 is 4.79 Å². The Bertz CT molecular complexity index is 481. The number of carbonyl (C=O) groups is 1. The van der Waals surface area contributed by atoms with Gasteiger partial charge in [0.1, 0.15) is 12.6 Å². The molecule has 1 heterocycles. The van der Waals surface area contributed by atoms with Crippen LogP contribution in [-0.2, 0) is 4.79 Å². The molecule has 0 fully saturated rings. The zero-order chi connectivity index (χ0) is 11.7. The van der Waals surface area contributed by atoms with Crippen molar-refractivity contribution in [1.82, 2.24) is 5.32 Å². The first kappa shape index (κ1) is 10.9. The number of nitrogens with one attached hydrogen (secondary N) is 1. The van der Waals surface area contributed by atoms with Gasteiger partial charge in [0, 0.05) is 10.6 Å². The zero-order valence-corrected chi connectivity index (χ0v) is 9.45. The van der Waals surface area contributed by atoms with Crippen molar-refractivity contribution in [2.24, 2.45) is 0 Å². The van der Waals surface area contributed by atoms with Crippen molar-refractivity contribution in [1.29, 1.82) is 5.26 Å². The van der Waals surface area contributed by atoms with Crippen LogP contribution in [0.3, 0.4) is 0 Å². The Kier molecular flexibility index (Phi) is 2.82. The Hall–Kier alpha value is -1.57. The molecule has 1 N–H and O–H groups in total. The fourth-order valence-corrected chi connectivity index (χ4v) is 2.23. The standard InChI is InChI=1S/C11H10ClN3O/c1-14-10-9-7(12)3-2-4-8(9)15(6-5-13)11(10)16/h2-4,10,14H,6H2,1H3. The number of carbonyl (C=O) groups excluding carboxylic acids is 1. The summed E-state index contributed by atoms with van der Waals surface area (Å²) in [5.74, 6) is -0.132. The third-order valence-corrected chi connectivity index (χ3v) is 2.97. The summed E-state index contributed by atoms with van der Waals surface area (Å²) in [6, 6.07) is 6.85. The van der Waals surface area contributed by atoms with Crippen LogP contribution in [0.5, 0.6) is 0 Å². The fraction of sp³-hybridized carbons (Fsp3) is 0.273. The van der Waals surface area contributed by atoms with Crippen LogP contribution in [0.2, 0.25) is 5.02 Å². The Morgan fingerprint density at radius 3 is 3.00 bits per heavy atom. The van der Waals surface area contributed by atoms with E-state index in [9.17, 15) is 4.79 Å². The highest BCUT2D eigenvalue weighted by Crippen LogP contribution is 2.39. The first-order chi connectivity index (χ1) is 7.70. The number of amides is 1. The number of nitriles is 1. The van der Waals surface area contributed by atoms with Crippen LogP contribution in [0.25, 0.3) is 0 Å². The number of likely N-dealkylation sites (N-methyl/N-ethyl adjacent to an activating group) is 1. The first-order valence-corrected chi connectivity index (χ1v) is 5.22. The normalized spacial score (nSPS) is 18.4. The highest BCUT2D eigenvalue weighted by atomic mass is 35.5. The van der Waals surface area contributed by atoms with Crippen LogP contribution in [0.15, 0.2) is 18.2 Å². The molecule has 0 saturated heterocycles. The summed E-state index contributed by atoms with van der Waals surface area (Å²) < 4.78 is 0. The van der Waals surface area contributed by atoms with E-state index in [1.807, 2.05) is 6.07 Å². The molecule has 0 aromatic heterocycles. The summed E-state index contributed by atoms with van der Waals surface area (Å²) in [7, 11) is 1.70. The topological polar surface area (TPSA) is 56.1 Å². The van der Waals surface area contributed by atoms with Gasteiger partial charge in [-0.3, -0.25) is 9.69 Å². The number of fused-ring (bicyclic) bond motifs is 1. The maximum atomic E-state index is 12.0. The molecule has 1 unspecified atom stereocenters. The van der Waals surface area contributed by atoms with E-state index in [0.717, 1.165) is 11.3 Å². The van der Waals surface area contributed by atoms with Gasteiger partial charge in [-0.1, -0.05) is 17.7 Å². The predicted molar refractivity (Wildman–Crippen MR) is 61.2 cm³/mol. The third kappa shape index (κ3) is 1.45. The SMILES string of the molecule is CNC1C(=O)N(CC#N)c2cccc(Cl)c21. The quantitative estimate of drug-likeness (QED) is 0.790. The Morgan fingerprint density at radius 1 is 1.62 bits per heavy atom. The van der Waals surface area contributed by atoms with Crippen molar-refractivity contribution in [3.05, 3.63) is 28.8 Å². The lowest BCUT2D eigenvalue weighted by Gasteiger charge is -2.12. The van der Waals surface area contributed by atoms with Crippen molar-refractivity contribution in [3.63, 3.8) is 0 Å². The molecule has 0 bridgehead atoms. The van der Waals surface area contributed by atoms with E-state index < -0.39 is 6.04 Å². The molecule has 2 rings (SSSR count). The van der Waals surface area contributed by atoms with Crippen molar-refractivity contribution >= 4 is 23.2 Å². The monoisotopic (exact) mass is 235 g/mol. The van der Waals surface area contributed by atoms with Gasteiger partial charge in [0.2, 0.25) is 5.91 Å². The van der Waals surface area contributed by atoms with Gasteiger partial charge in [0.05, 0.1) is 11.8 Å². The van der Waals surface area contributed by atoms with E-state index in [0.29, 0.717) is 5.02 Å². The van der Waals surface area contributed by atoms with Crippen LogP contribution in [0.4, 0.5) is 5.69 Å². The highest BCUT2D eigenvalue weighted by molar-refractivity contribution is 6.32. The van der Waals surface area contributed by atoms with Crippen LogP contribution >= 0.6 is 11.6 Å². The van der Waals surface area contributed by atoms with Gasteiger partial charge in [-0.25, -0.2) is 0 Å². The lowest BCUT2D eigenvalue weighted by molar-refractivity contribution is -0.119. The van der Waals surface area contributed by atoms with Crippen molar-refractivity contribution in [2.75, 3.05) is 18.5 Å². The molecule has 82 valence electrons. The molecular weight excluding hydrogens is 226 g/mol. The number of halogens is 1. The lowest BCUT2D eigenvalue weighted by Crippen LogP contribution is -2.33. The number of hydrogen-bond acceptors (Lipinski definition) is 3. The summed E-state index contributed by atoms with van der Waals surface area (Å²) in [6.07, 6.45) is 0. The summed E-state index contributed by atoms with van der Waals surface area (Å²) in [5, 5.41) is 12.2. The van der Waals surface area contributed by atoms with Crippen LogP contribution in [-0.4, -0.2) is 19.5 Å². The number of rotatable bonds is 2. The molecule has 0 radical (unpaired) electrons. The summed E-state index contributed by atoms with van der Waals surface area (Å²) in [6.45, 7) is 0.0460. The highest BCUT2D eigenvalue weighted by Gasteiger charge is 2.37. The van der Waals surface area contributed by atoms with Gasteiger partial charge in [0.15, 0.2) is 0 Å². The second-order valence-electron chi connectivity index (χ2n) is 3.48. The molecule has 1 amide bonds.